The Kier molecular flexibility index (Phi) is 9.58. The number of morpholine rings is 2. The number of nitrogens with one attached hydrogen (secondary N) is 1. The third-order valence-corrected chi connectivity index (χ3v) is 5.55. The molecule has 2 aliphatic rings. The minimum absolute atomic E-state index is 0. The van der Waals surface area contributed by atoms with Crippen LogP contribution in [0.5, 0.6) is 0 Å². The van der Waals surface area contributed by atoms with Crippen LogP contribution in [0, 0.1) is 5.82 Å². The molecule has 29 heavy (non-hydrogen) atoms. The van der Waals surface area contributed by atoms with Crippen LogP contribution in [0.3, 0.4) is 0 Å². The van der Waals surface area contributed by atoms with Crippen molar-refractivity contribution in [2.75, 3.05) is 46.4 Å². The van der Waals surface area contributed by atoms with Gasteiger partial charge in [-0.25, -0.2) is 4.39 Å². The summed E-state index contributed by atoms with van der Waals surface area (Å²) in [7, 11) is 1.82. The van der Waals surface area contributed by atoms with Crippen LogP contribution >= 0.6 is 24.0 Å². The van der Waals surface area contributed by atoms with E-state index in [1.807, 2.05) is 7.05 Å². The lowest BCUT2D eigenvalue weighted by molar-refractivity contribution is -0.0607. The van der Waals surface area contributed by atoms with Gasteiger partial charge in [0.25, 0.3) is 0 Å². The fourth-order valence-corrected chi connectivity index (χ4v) is 4.07. The van der Waals surface area contributed by atoms with Crippen LogP contribution in [0.4, 0.5) is 4.39 Å². The molecule has 0 aromatic heterocycles. The van der Waals surface area contributed by atoms with E-state index in [0.717, 1.165) is 44.4 Å². The lowest BCUT2D eigenvalue weighted by atomic mass is 10.1. The first-order valence-electron chi connectivity index (χ1n) is 10.2. The summed E-state index contributed by atoms with van der Waals surface area (Å²) in [6, 6.07) is 7.39. The second-order valence-electron chi connectivity index (χ2n) is 7.83. The Balaban J connectivity index is 0.00000300. The normalized spacial score (nSPS) is 27.3. The Bertz CT molecular complexity index is 661. The van der Waals surface area contributed by atoms with E-state index in [1.165, 1.54) is 12.1 Å². The van der Waals surface area contributed by atoms with Crippen LogP contribution in [0.15, 0.2) is 29.3 Å². The Morgan fingerprint density at radius 1 is 1.28 bits per heavy atom. The maximum atomic E-state index is 13.3. The predicted molar refractivity (Wildman–Crippen MR) is 124 cm³/mol. The molecule has 164 valence electrons. The van der Waals surface area contributed by atoms with Crippen LogP contribution < -0.4 is 5.32 Å². The molecule has 1 aromatic carbocycles. The molecular weight excluding hydrogens is 486 g/mol. The zero-order valence-electron chi connectivity index (χ0n) is 17.8. The van der Waals surface area contributed by atoms with Gasteiger partial charge in [-0.2, -0.15) is 0 Å². The molecule has 0 radical (unpaired) electrons. The molecule has 2 aliphatic heterocycles. The lowest BCUT2D eigenvalue weighted by Gasteiger charge is -2.40. The van der Waals surface area contributed by atoms with E-state index >= 15 is 0 Å². The van der Waals surface area contributed by atoms with Crippen molar-refractivity contribution in [2.24, 2.45) is 4.99 Å². The largest absolute Gasteiger partial charge is 0.379 e. The van der Waals surface area contributed by atoms with Gasteiger partial charge in [0.15, 0.2) is 5.96 Å². The van der Waals surface area contributed by atoms with E-state index in [2.05, 4.69) is 40.9 Å². The maximum Gasteiger partial charge on any atom is 0.193 e. The molecule has 0 saturated carbocycles. The van der Waals surface area contributed by atoms with Crippen LogP contribution in [0.1, 0.15) is 32.4 Å². The number of guanidine groups is 1. The number of halogens is 2. The third-order valence-electron chi connectivity index (χ3n) is 5.55. The summed E-state index contributed by atoms with van der Waals surface area (Å²) in [5.41, 5.74) is 0.990. The molecule has 2 saturated heterocycles. The molecular formula is C21H34FIN4O2. The maximum absolute atomic E-state index is 13.3. The highest BCUT2D eigenvalue weighted by molar-refractivity contribution is 14.0. The molecule has 0 spiro atoms. The van der Waals surface area contributed by atoms with Crippen LogP contribution in [0.2, 0.25) is 0 Å². The van der Waals surface area contributed by atoms with E-state index in [-0.39, 0.29) is 42.0 Å². The van der Waals surface area contributed by atoms with E-state index in [9.17, 15) is 4.39 Å². The lowest BCUT2D eigenvalue weighted by Crippen LogP contribution is -2.55. The fraction of sp³-hybridized carbons (Fsp3) is 0.667. The van der Waals surface area contributed by atoms with Gasteiger partial charge in [0.05, 0.1) is 25.9 Å². The molecule has 8 heteroatoms. The summed E-state index contributed by atoms with van der Waals surface area (Å²) in [6.07, 6.45) is -0.0290. The summed E-state index contributed by atoms with van der Waals surface area (Å²) >= 11 is 0. The molecule has 4 unspecified atom stereocenters. The first-order valence-corrected chi connectivity index (χ1v) is 10.2. The average molecular weight is 520 g/mol. The highest BCUT2D eigenvalue weighted by Crippen LogP contribution is 2.25. The van der Waals surface area contributed by atoms with Crippen molar-refractivity contribution in [1.82, 2.24) is 15.1 Å². The van der Waals surface area contributed by atoms with Crippen molar-refractivity contribution in [3.05, 3.63) is 35.6 Å². The Morgan fingerprint density at radius 2 is 2.00 bits per heavy atom. The summed E-state index contributed by atoms with van der Waals surface area (Å²) in [5, 5.41) is 3.54. The number of hydrogen-bond donors (Lipinski definition) is 1. The van der Waals surface area contributed by atoms with Gasteiger partial charge in [-0.05, 0) is 38.5 Å². The average Bonchev–Trinajstić information content (AvgIpc) is 2.69. The van der Waals surface area contributed by atoms with Crippen LogP contribution in [0.25, 0.3) is 0 Å². The monoisotopic (exact) mass is 520 g/mol. The summed E-state index contributed by atoms with van der Waals surface area (Å²) in [6.45, 7) is 11.4. The van der Waals surface area contributed by atoms with Crippen molar-refractivity contribution in [3.8, 4) is 0 Å². The van der Waals surface area contributed by atoms with Gasteiger partial charge in [-0.1, -0.05) is 12.1 Å². The summed E-state index contributed by atoms with van der Waals surface area (Å²) in [4.78, 5) is 9.21. The smallest absolute Gasteiger partial charge is 0.193 e. The first kappa shape index (κ1) is 24.3. The minimum Gasteiger partial charge on any atom is -0.379 e. The van der Waals surface area contributed by atoms with Gasteiger partial charge in [-0.15, -0.1) is 24.0 Å². The van der Waals surface area contributed by atoms with Gasteiger partial charge < -0.3 is 19.7 Å². The number of hydrogen-bond acceptors (Lipinski definition) is 4. The zero-order chi connectivity index (χ0) is 20.1. The number of ether oxygens (including phenoxy) is 2. The van der Waals surface area contributed by atoms with Crippen LogP contribution in [-0.4, -0.2) is 80.4 Å². The molecule has 3 rings (SSSR count). The molecule has 6 nitrogen and oxygen atoms in total. The van der Waals surface area contributed by atoms with Crippen molar-refractivity contribution < 1.29 is 13.9 Å². The quantitative estimate of drug-likeness (QED) is 0.376. The number of benzene rings is 1. The zero-order valence-corrected chi connectivity index (χ0v) is 20.1. The van der Waals surface area contributed by atoms with Crippen molar-refractivity contribution in [2.45, 2.75) is 45.1 Å². The molecule has 0 amide bonds. The van der Waals surface area contributed by atoms with E-state index < -0.39 is 0 Å². The SMILES string of the molecule is CN=C(NCC(C)N1CCOCC1C)N1CC(C)OC(c2ccc(F)cc2)C1.I. The highest BCUT2D eigenvalue weighted by atomic mass is 127. The van der Waals surface area contributed by atoms with Gasteiger partial charge in [0.1, 0.15) is 11.9 Å². The molecule has 2 fully saturated rings. The number of rotatable bonds is 4. The minimum atomic E-state index is -0.228. The van der Waals surface area contributed by atoms with E-state index in [1.54, 1.807) is 12.1 Å². The van der Waals surface area contributed by atoms with Gasteiger partial charge in [0, 0.05) is 38.8 Å². The molecule has 1 aromatic rings. The molecule has 2 heterocycles. The fourth-order valence-electron chi connectivity index (χ4n) is 4.07. The van der Waals surface area contributed by atoms with Crippen molar-refractivity contribution >= 4 is 29.9 Å². The highest BCUT2D eigenvalue weighted by Gasteiger charge is 2.29. The van der Waals surface area contributed by atoms with E-state index in [0.29, 0.717) is 18.6 Å². The first-order chi connectivity index (χ1) is 13.5. The second-order valence-corrected chi connectivity index (χ2v) is 7.83. The van der Waals surface area contributed by atoms with Crippen LogP contribution in [-0.2, 0) is 9.47 Å². The Labute approximate surface area is 190 Å². The Morgan fingerprint density at radius 3 is 2.66 bits per heavy atom. The standard InChI is InChI=1S/C21H33FN4O2.HI/c1-15(26-9-10-27-14-16(26)2)11-24-21(23-4)25-12-17(3)28-20(13-25)18-5-7-19(22)8-6-18;/h5-8,15-17,20H,9-14H2,1-4H3,(H,23,24);1H. The summed E-state index contributed by atoms with van der Waals surface area (Å²) < 4.78 is 24.9. The number of aliphatic imine (C=N–C) groups is 1. The number of nitrogens with zero attached hydrogens (tertiary/aromatic N) is 3. The third kappa shape index (κ3) is 6.50. The second kappa shape index (κ2) is 11.4. The molecule has 0 aliphatic carbocycles. The van der Waals surface area contributed by atoms with Gasteiger partial charge in [0.2, 0.25) is 0 Å². The van der Waals surface area contributed by atoms with E-state index in [4.69, 9.17) is 9.47 Å². The van der Waals surface area contributed by atoms with Crippen molar-refractivity contribution in [3.63, 3.8) is 0 Å². The van der Waals surface area contributed by atoms with Gasteiger partial charge in [-0.3, -0.25) is 9.89 Å². The topological polar surface area (TPSA) is 49.3 Å². The summed E-state index contributed by atoms with van der Waals surface area (Å²) in [5.74, 6) is 0.656. The molecule has 4 atom stereocenters. The Hall–Kier alpha value is -0.970. The predicted octanol–water partition coefficient (Wildman–Crippen LogP) is 2.89. The molecule has 1 N–H and O–H groups in total. The molecule has 0 bridgehead atoms. The van der Waals surface area contributed by atoms with Crippen molar-refractivity contribution in [1.29, 1.82) is 0 Å². The van der Waals surface area contributed by atoms with Gasteiger partial charge >= 0.3 is 0 Å².